The van der Waals surface area contributed by atoms with Crippen LogP contribution in [0.2, 0.25) is 5.02 Å². The number of ether oxygens (including phenoxy) is 1. The zero-order valence-corrected chi connectivity index (χ0v) is 17.1. The zero-order chi connectivity index (χ0) is 22.7. The van der Waals surface area contributed by atoms with Gasteiger partial charge in [-0.05, 0) is 37.3 Å². The highest BCUT2D eigenvalue weighted by Gasteiger charge is 2.38. The standard InChI is InChI=1S/C21H16ClN3O6/c1-10(26)12-5-3-4-6-13(12)24-20(29)18(27)16(21(30)31-2)17-19(28)25-15-9-11(22)7-8-14(15)23-17/h3-9,16H,1-2H3,(H,24,29)(H,25,28). The molecular weight excluding hydrogens is 426 g/mol. The van der Waals surface area contributed by atoms with Gasteiger partial charge in [0.25, 0.3) is 11.5 Å². The average Bonchev–Trinajstić information content (AvgIpc) is 2.74. The van der Waals surface area contributed by atoms with Crippen LogP contribution in [0.15, 0.2) is 47.3 Å². The summed E-state index contributed by atoms with van der Waals surface area (Å²) in [5.41, 5.74) is -0.541. The lowest BCUT2D eigenvalue weighted by atomic mass is 9.99. The van der Waals surface area contributed by atoms with Gasteiger partial charge in [-0.25, -0.2) is 4.98 Å². The maximum atomic E-state index is 12.9. The smallest absolute Gasteiger partial charge is 0.323 e. The van der Waals surface area contributed by atoms with Crippen molar-refractivity contribution in [1.82, 2.24) is 9.97 Å². The number of ketones is 2. The number of hydrogen-bond acceptors (Lipinski definition) is 7. The molecule has 0 saturated heterocycles. The Morgan fingerprint density at radius 1 is 1.13 bits per heavy atom. The Kier molecular flexibility index (Phi) is 6.26. The number of carbonyl (C=O) groups is 4. The number of carbonyl (C=O) groups excluding carboxylic acids is 4. The van der Waals surface area contributed by atoms with E-state index in [1.807, 2.05) is 0 Å². The molecule has 0 aliphatic heterocycles. The lowest BCUT2D eigenvalue weighted by Gasteiger charge is -2.14. The van der Waals surface area contributed by atoms with Gasteiger partial charge in [0.15, 0.2) is 11.7 Å². The van der Waals surface area contributed by atoms with Gasteiger partial charge in [0, 0.05) is 10.6 Å². The molecule has 158 valence electrons. The van der Waals surface area contributed by atoms with E-state index in [4.69, 9.17) is 11.6 Å². The Morgan fingerprint density at radius 3 is 2.52 bits per heavy atom. The number of esters is 1. The van der Waals surface area contributed by atoms with Crippen molar-refractivity contribution in [2.45, 2.75) is 12.8 Å². The molecule has 1 aromatic heterocycles. The molecule has 9 nitrogen and oxygen atoms in total. The third kappa shape index (κ3) is 4.51. The van der Waals surface area contributed by atoms with Crippen LogP contribution in [0, 0.1) is 0 Å². The molecule has 0 radical (unpaired) electrons. The normalized spacial score (nSPS) is 11.6. The first-order valence-electron chi connectivity index (χ1n) is 8.95. The second kappa shape index (κ2) is 8.88. The summed E-state index contributed by atoms with van der Waals surface area (Å²) >= 11 is 5.90. The number of halogens is 1. The fourth-order valence-electron chi connectivity index (χ4n) is 2.94. The summed E-state index contributed by atoms with van der Waals surface area (Å²) in [5, 5.41) is 2.66. The number of nitrogens with one attached hydrogen (secondary N) is 2. The van der Waals surface area contributed by atoms with E-state index in [-0.39, 0.29) is 28.1 Å². The Balaban J connectivity index is 2.02. The van der Waals surface area contributed by atoms with E-state index in [2.05, 4.69) is 20.0 Å². The van der Waals surface area contributed by atoms with Crippen LogP contribution >= 0.6 is 11.6 Å². The summed E-state index contributed by atoms with van der Waals surface area (Å²) in [5.74, 6) is -5.85. The van der Waals surface area contributed by atoms with Crippen molar-refractivity contribution in [2.75, 3.05) is 12.4 Å². The molecule has 3 aromatic rings. The van der Waals surface area contributed by atoms with Gasteiger partial charge in [0.2, 0.25) is 5.78 Å². The van der Waals surface area contributed by atoms with Crippen molar-refractivity contribution < 1.29 is 23.9 Å². The number of para-hydroxylation sites is 1. The van der Waals surface area contributed by atoms with Crippen LogP contribution in [0.1, 0.15) is 28.9 Å². The average molecular weight is 442 g/mol. The molecule has 0 bridgehead atoms. The predicted octanol–water partition coefficient (Wildman–Crippen LogP) is 2.24. The van der Waals surface area contributed by atoms with Crippen molar-refractivity contribution in [2.24, 2.45) is 0 Å². The molecule has 1 amide bonds. The Morgan fingerprint density at radius 2 is 1.84 bits per heavy atom. The highest BCUT2D eigenvalue weighted by atomic mass is 35.5. The molecular formula is C21H16ClN3O6. The molecule has 1 heterocycles. The maximum Gasteiger partial charge on any atom is 0.323 e. The number of aromatic nitrogens is 2. The molecule has 31 heavy (non-hydrogen) atoms. The van der Waals surface area contributed by atoms with Gasteiger partial charge in [-0.15, -0.1) is 0 Å². The summed E-state index contributed by atoms with van der Waals surface area (Å²) < 4.78 is 4.63. The van der Waals surface area contributed by atoms with Crippen LogP contribution in [-0.2, 0) is 19.1 Å². The molecule has 0 aliphatic carbocycles. The Labute approximate surface area is 180 Å². The number of nitrogens with zero attached hydrogens (tertiary/aromatic N) is 1. The molecule has 0 spiro atoms. The Bertz CT molecular complexity index is 1280. The molecule has 2 N–H and O–H groups in total. The lowest BCUT2D eigenvalue weighted by Crippen LogP contribution is -2.37. The van der Waals surface area contributed by atoms with Crippen LogP contribution in [0.3, 0.4) is 0 Å². The lowest BCUT2D eigenvalue weighted by molar-refractivity contribution is -0.148. The summed E-state index contributed by atoms with van der Waals surface area (Å²) in [6.45, 7) is 1.30. The molecule has 0 fully saturated rings. The van der Waals surface area contributed by atoms with E-state index >= 15 is 0 Å². The van der Waals surface area contributed by atoms with Gasteiger partial charge in [-0.2, -0.15) is 0 Å². The highest BCUT2D eigenvalue weighted by molar-refractivity contribution is 6.45. The molecule has 0 aliphatic rings. The second-order valence-corrected chi connectivity index (χ2v) is 6.93. The highest BCUT2D eigenvalue weighted by Crippen LogP contribution is 2.21. The van der Waals surface area contributed by atoms with E-state index in [9.17, 15) is 24.0 Å². The van der Waals surface area contributed by atoms with Gasteiger partial charge in [0.1, 0.15) is 5.69 Å². The van der Waals surface area contributed by atoms with Gasteiger partial charge in [-0.3, -0.25) is 24.0 Å². The van der Waals surface area contributed by atoms with Crippen LogP contribution in [0.4, 0.5) is 5.69 Å². The number of Topliss-reactive ketones (excluding diaryl/α,β-unsaturated/α-hetero) is 2. The number of fused-ring (bicyclic) bond motifs is 1. The molecule has 10 heteroatoms. The minimum atomic E-state index is -1.90. The maximum absolute atomic E-state index is 12.9. The molecule has 0 saturated carbocycles. The van der Waals surface area contributed by atoms with Crippen molar-refractivity contribution in [3.05, 3.63) is 69.1 Å². The third-order valence-electron chi connectivity index (χ3n) is 4.43. The summed E-state index contributed by atoms with van der Waals surface area (Å²) in [6, 6.07) is 10.5. The van der Waals surface area contributed by atoms with Gasteiger partial charge in [-0.1, -0.05) is 23.7 Å². The number of benzene rings is 2. The van der Waals surface area contributed by atoms with Crippen LogP contribution < -0.4 is 10.9 Å². The number of aromatic amines is 1. The van der Waals surface area contributed by atoms with Crippen molar-refractivity contribution in [1.29, 1.82) is 0 Å². The number of amides is 1. The molecule has 2 aromatic carbocycles. The zero-order valence-electron chi connectivity index (χ0n) is 16.4. The van der Waals surface area contributed by atoms with Gasteiger partial charge < -0.3 is 15.0 Å². The van der Waals surface area contributed by atoms with Crippen LogP contribution in [0.25, 0.3) is 11.0 Å². The first-order valence-corrected chi connectivity index (χ1v) is 9.33. The van der Waals surface area contributed by atoms with Crippen LogP contribution in [0.5, 0.6) is 0 Å². The van der Waals surface area contributed by atoms with Crippen molar-refractivity contribution >= 4 is 51.8 Å². The Hall–Kier alpha value is -3.85. The number of H-pyrrole nitrogens is 1. The largest absolute Gasteiger partial charge is 0.468 e. The minimum Gasteiger partial charge on any atom is -0.468 e. The topological polar surface area (TPSA) is 135 Å². The SMILES string of the molecule is COC(=O)C(C(=O)C(=O)Nc1ccccc1C(C)=O)c1nc2ccc(Cl)cc2[nH]c1=O. The van der Waals surface area contributed by atoms with Crippen LogP contribution in [-0.4, -0.2) is 40.5 Å². The van der Waals surface area contributed by atoms with Crippen molar-refractivity contribution in [3.63, 3.8) is 0 Å². The van der Waals surface area contributed by atoms with E-state index in [0.717, 1.165) is 7.11 Å². The first-order chi connectivity index (χ1) is 14.7. The quantitative estimate of drug-likeness (QED) is 0.259. The number of methoxy groups -OCH3 is 1. The summed E-state index contributed by atoms with van der Waals surface area (Å²) in [4.78, 5) is 68.7. The van der Waals surface area contributed by atoms with E-state index in [1.165, 1.54) is 37.3 Å². The fraction of sp³-hybridized carbons (Fsp3) is 0.143. The molecule has 1 unspecified atom stereocenters. The number of rotatable bonds is 6. The third-order valence-corrected chi connectivity index (χ3v) is 4.67. The number of anilines is 1. The predicted molar refractivity (Wildman–Crippen MR) is 112 cm³/mol. The first kappa shape index (κ1) is 21.8. The summed E-state index contributed by atoms with van der Waals surface area (Å²) in [6.07, 6.45) is 0. The minimum absolute atomic E-state index is 0.0898. The van der Waals surface area contributed by atoms with E-state index < -0.39 is 34.8 Å². The molecule has 3 rings (SSSR count). The monoisotopic (exact) mass is 441 g/mol. The van der Waals surface area contributed by atoms with E-state index in [1.54, 1.807) is 12.1 Å². The summed E-state index contributed by atoms with van der Waals surface area (Å²) in [7, 11) is 1.01. The molecule has 1 atom stereocenters. The number of hydrogen-bond donors (Lipinski definition) is 2. The van der Waals surface area contributed by atoms with Gasteiger partial charge in [0.05, 0.1) is 23.8 Å². The second-order valence-electron chi connectivity index (χ2n) is 6.49. The van der Waals surface area contributed by atoms with Gasteiger partial charge >= 0.3 is 5.97 Å². The van der Waals surface area contributed by atoms with E-state index in [0.29, 0.717) is 5.02 Å². The van der Waals surface area contributed by atoms with Crippen molar-refractivity contribution in [3.8, 4) is 0 Å². The fourth-order valence-corrected chi connectivity index (χ4v) is 3.12.